The van der Waals surface area contributed by atoms with E-state index in [9.17, 15) is 4.79 Å². The van der Waals surface area contributed by atoms with Crippen molar-refractivity contribution < 1.29 is 14.1 Å². The lowest BCUT2D eigenvalue weighted by molar-refractivity contribution is -0.139. The van der Waals surface area contributed by atoms with Gasteiger partial charge in [0.2, 0.25) is 5.91 Å². The molecule has 0 bridgehead atoms. The fraction of sp³-hybridized carbons (Fsp3) is 0.955. The van der Waals surface area contributed by atoms with Crippen LogP contribution in [0.15, 0.2) is 0 Å². The van der Waals surface area contributed by atoms with E-state index in [0.29, 0.717) is 5.92 Å². The molecule has 28 heavy (non-hydrogen) atoms. The monoisotopic (exact) mass is 394 g/mol. The zero-order valence-corrected chi connectivity index (χ0v) is 19.9. The van der Waals surface area contributed by atoms with E-state index in [2.05, 4.69) is 79.7 Å². The minimum absolute atomic E-state index is 0.147. The van der Waals surface area contributed by atoms with E-state index in [1.54, 1.807) is 0 Å². The molecule has 1 heterocycles. The molecule has 1 aliphatic heterocycles. The number of carbonyl (C=O) groups excluding carboxylic acids is 1. The standard InChI is InChI=1S/C22H43BN2O3/c1-19(2,3)24-18(26)22(8)15-16(11-12-17(22)25(9)10)13-14-23-27-20(4,5)21(6,7)28-23/h16-17H,11-15H2,1-10H3,(H,24,26)/t16-,17?,22-/m0/s1. The average Bonchev–Trinajstić information content (AvgIpc) is 2.70. The number of nitrogens with one attached hydrogen (secondary N) is 1. The summed E-state index contributed by atoms with van der Waals surface area (Å²) in [5.41, 5.74) is -1.15. The molecule has 1 aliphatic carbocycles. The third-order valence-electron chi connectivity index (χ3n) is 7.04. The van der Waals surface area contributed by atoms with Gasteiger partial charge in [-0.15, -0.1) is 0 Å². The molecule has 1 amide bonds. The molecule has 2 rings (SSSR count). The lowest BCUT2D eigenvalue weighted by atomic mass is 9.64. The molecular formula is C22H43BN2O3. The minimum atomic E-state index is -0.379. The van der Waals surface area contributed by atoms with E-state index in [0.717, 1.165) is 32.0 Å². The minimum Gasteiger partial charge on any atom is -0.403 e. The fourth-order valence-corrected chi connectivity index (χ4v) is 4.81. The van der Waals surface area contributed by atoms with E-state index in [1.165, 1.54) is 0 Å². The number of nitrogens with zero attached hydrogens (tertiary/aromatic N) is 1. The Morgan fingerprint density at radius 1 is 1.07 bits per heavy atom. The van der Waals surface area contributed by atoms with Crippen LogP contribution in [0.4, 0.5) is 0 Å². The van der Waals surface area contributed by atoms with Gasteiger partial charge in [-0.1, -0.05) is 6.42 Å². The summed E-state index contributed by atoms with van der Waals surface area (Å²) in [5.74, 6) is 0.699. The Hall–Kier alpha value is -0.585. The molecule has 0 spiro atoms. The number of amides is 1. The quantitative estimate of drug-likeness (QED) is 0.713. The van der Waals surface area contributed by atoms with Crippen molar-refractivity contribution in [2.75, 3.05) is 14.1 Å². The van der Waals surface area contributed by atoms with Crippen LogP contribution in [-0.2, 0) is 14.1 Å². The molecule has 1 saturated carbocycles. The second kappa shape index (κ2) is 7.92. The normalized spacial score (nSPS) is 32.6. The van der Waals surface area contributed by atoms with Crippen LogP contribution in [-0.4, -0.2) is 54.8 Å². The lowest BCUT2D eigenvalue weighted by Gasteiger charge is -2.47. The summed E-state index contributed by atoms with van der Waals surface area (Å²) in [6.07, 6.45) is 5.05. The van der Waals surface area contributed by atoms with Gasteiger partial charge in [0.15, 0.2) is 0 Å². The van der Waals surface area contributed by atoms with E-state index < -0.39 is 0 Å². The molecule has 162 valence electrons. The van der Waals surface area contributed by atoms with Crippen LogP contribution in [0.5, 0.6) is 0 Å². The molecule has 1 saturated heterocycles. The van der Waals surface area contributed by atoms with Crippen molar-refractivity contribution in [3.05, 3.63) is 0 Å². The highest BCUT2D eigenvalue weighted by Crippen LogP contribution is 2.45. The van der Waals surface area contributed by atoms with Crippen molar-refractivity contribution in [3.63, 3.8) is 0 Å². The number of rotatable bonds is 5. The Morgan fingerprint density at radius 3 is 2.07 bits per heavy atom. The Kier molecular flexibility index (Phi) is 6.70. The maximum Gasteiger partial charge on any atom is 0.457 e. The number of carbonyl (C=O) groups is 1. The molecule has 0 aromatic rings. The molecular weight excluding hydrogens is 351 g/mol. The van der Waals surface area contributed by atoms with Crippen LogP contribution in [0.1, 0.15) is 81.1 Å². The smallest absolute Gasteiger partial charge is 0.403 e. The third-order valence-corrected chi connectivity index (χ3v) is 7.04. The molecule has 2 aliphatic rings. The Labute approximate surface area is 173 Å². The first-order valence-corrected chi connectivity index (χ1v) is 10.9. The maximum absolute atomic E-state index is 13.2. The van der Waals surface area contributed by atoms with E-state index >= 15 is 0 Å². The Balaban J connectivity index is 2.03. The molecule has 2 fully saturated rings. The molecule has 0 radical (unpaired) electrons. The van der Waals surface area contributed by atoms with Crippen molar-refractivity contribution in [3.8, 4) is 0 Å². The van der Waals surface area contributed by atoms with Crippen LogP contribution < -0.4 is 5.32 Å². The number of hydrogen-bond acceptors (Lipinski definition) is 4. The number of hydrogen-bond donors (Lipinski definition) is 1. The highest BCUT2D eigenvalue weighted by atomic mass is 16.7. The summed E-state index contributed by atoms with van der Waals surface area (Å²) >= 11 is 0. The third kappa shape index (κ3) is 5.12. The summed E-state index contributed by atoms with van der Waals surface area (Å²) < 4.78 is 12.3. The van der Waals surface area contributed by atoms with Crippen molar-refractivity contribution in [2.45, 2.75) is 110 Å². The molecule has 5 nitrogen and oxygen atoms in total. The van der Waals surface area contributed by atoms with Crippen LogP contribution >= 0.6 is 0 Å². The molecule has 3 atom stereocenters. The van der Waals surface area contributed by atoms with Gasteiger partial charge < -0.3 is 19.5 Å². The first-order valence-electron chi connectivity index (χ1n) is 10.9. The van der Waals surface area contributed by atoms with Crippen LogP contribution in [0.3, 0.4) is 0 Å². The average molecular weight is 394 g/mol. The van der Waals surface area contributed by atoms with Gasteiger partial charge in [0, 0.05) is 11.6 Å². The second-order valence-electron chi connectivity index (χ2n) is 11.5. The van der Waals surface area contributed by atoms with Gasteiger partial charge >= 0.3 is 7.12 Å². The Morgan fingerprint density at radius 2 is 1.61 bits per heavy atom. The van der Waals surface area contributed by atoms with Gasteiger partial charge in [-0.25, -0.2) is 0 Å². The second-order valence-corrected chi connectivity index (χ2v) is 11.5. The van der Waals surface area contributed by atoms with Gasteiger partial charge in [0.25, 0.3) is 0 Å². The molecule has 0 aromatic carbocycles. The highest BCUT2D eigenvalue weighted by molar-refractivity contribution is 6.45. The van der Waals surface area contributed by atoms with Gasteiger partial charge in [-0.2, -0.15) is 0 Å². The van der Waals surface area contributed by atoms with Crippen LogP contribution in [0.25, 0.3) is 0 Å². The van der Waals surface area contributed by atoms with Gasteiger partial charge in [0.1, 0.15) is 0 Å². The summed E-state index contributed by atoms with van der Waals surface area (Å²) in [4.78, 5) is 15.5. The van der Waals surface area contributed by atoms with Crippen LogP contribution in [0, 0.1) is 11.3 Å². The van der Waals surface area contributed by atoms with E-state index in [1.807, 2.05) is 0 Å². The first-order chi connectivity index (χ1) is 12.6. The van der Waals surface area contributed by atoms with E-state index in [-0.39, 0.29) is 41.2 Å². The van der Waals surface area contributed by atoms with Gasteiger partial charge in [-0.05, 0) is 101 Å². The van der Waals surface area contributed by atoms with Crippen molar-refractivity contribution >= 4 is 13.0 Å². The van der Waals surface area contributed by atoms with Crippen molar-refractivity contribution in [1.29, 1.82) is 0 Å². The first kappa shape index (κ1) is 23.7. The summed E-state index contributed by atoms with van der Waals surface area (Å²) in [6.45, 7) is 16.7. The molecule has 0 aromatic heterocycles. The SMILES string of the molecule is CN(C)C1CC[C@@H](CCB2OC(C)(C)C(C)(C)O2)C[C@]1(C)C(=O)NC(C)(C)C. The zero-order chi connectivity index (χ0) is 21.5. The van der Waals surface area contributed by atoms with Gasteiger partial charge in [0.05, 0.1) is 16.6 Å². The van der Waals surface area contributed by atoms with Crippen molar-refractivity contribution in [1.82, 2.24) is 10.2 Å². The fourth-order valence-electron chi connectivity index (χ4n) is 4.81. The molecule has 1 N–H and O–H groups in total. The highest BCUT2D eigenvalue weighted by Gasteiger charge is 2.52. The summed E-state index contributed by atoms with van der Waals surface area (Å²) in [5, 5.41) is 3.24. The summed E-state index contributed by atoms with van der Waals surface area (Å²) in [6, 6.07) is 0.267. The maximum atomic E-state index is 13.2. The van der Waals surface area contributed by atoms with Crippen LogP contribution in [0.2, 0.25) is 6.32 Å². The van der Waals surface area contributed by atoms with E-state index in [4.69, 9.17) is 9.31 Å². The zero-order valence-electron chi connectivity index (χ0n) is 19.9. The predicted molar refractivity (Wildman–Crippen MR) is 116 cm³/mol. The largest absolute Gasteiger partial charge is 0.457 e. The summed E-state index contributed by atoms with van der Waals surface area (Å²) in [7, 11) is 4.04. The van der Waals surface area contributed by atoms with Crippen molar-refractivity contribution in [2.24, 2.45) is 11.3 Å². The molecule has 6 heteroatoms. The lowest BCUT2D eigenvalue weighted by Crippen LogP contribution is -2.58. The van der Waals surface area contributed by atoms with Gasteiger partial charge in [-0.3, -0.25) is 4.79 Å². The molecule has 1 unspecified atom stereocenters. The topological polar surface area (TPSA) is 50.8 Å². The Bertz CT molecular complexity index is 555. The predicted octanol–water partition coefficient (Wildman–Crippen LogP) is 4.12.